The van der Waals surface area contributed by atoms with Gasteiger partial charge in [0.15, 0.2) is 5.82 Å². The summed E-state index contributed by atoms with van der Waals surface area (Å²) < 4.78 is 0. The van der Waals surface area contributed by atoms with Crippen LogP contribution in [0.15, 0.2) is 58.9 Å². The first kappa shape index (κ1) is 22.8. The average Bonchev–Trinajstić information content (AvgIpc) is 3.16. The summed E-state index contributed by atoms with van der Waals surface area (Å²) in [5, 5.41) is 3.28. The van der Waals surface area contributed by atoms with Crippen molar-refractivity contribution < 1.29 is 4.79 Å². The van der Waals surface area contributed by atoms with Crippen molar-refractivity contribution in [2.75, 3.05) is 25.5 Å². The second-order valence-corrected chi connectivity index (χ2v) is 9.11. The SMILES string of the molecule is C=NC=N/C=C(\C)c1ncc(N2CC3(CCC(c4ccccc4)(N(C)C)CC3)NC2=O)cn1. The van der Waals surface area contributed by atoms with E-state index in [0.717, 1.165) is 31.3 Å². The largest absolute Gasteiger partial charge is 0.330 e. The molecule has 2 fully saturated rings. The van der Waals surface area contributed by atoms with Crippen LogP contribution in [0, 0.1) is 0 Å². The third kappa shape index (κ3) is 4.43. The van der Waals surface area contributed by atoms with Gasteiger partial charge < -0.3 is 5.32 Å². The van der Waals surface area contributed by atoms with Gasteiger partial charge in [0, 0.05) is 17.3 Å². The topological polar surface area (TPSA) is 86.1 Å². The molecular formula is C25H31N7O. The van der Waals surface area contributed by atoms with Gasteiger partial charge in [-0.25, -0.2) is 19.8 Å². The molecule has 1 saturated carbocycles. The fourth-order valence-corrected chi connectivity index (χ4v) is 5.00. The van der Waals surface area contributed by atoms with Gasteiger partial charge in [-0.15, -0.1) is 0 Å². The first-order valence-electron chi connectivity index (χ1n) is 11.2. The van der Waals surface area contributed by atoms with E-state index < -0.39 is 0 Å². The third-order valence-corrected chi connectivity index (χ3v) is 7.00. The zero-order valence-electron chi connectivity index (χ0n) is 19.5. The number of hydrogen-bond acceptors (Lipinski definition) is 5. The van der Waals surface area contributed by atoms with Crippen LogP contribution in [0.2, 0.25) is 0 Å². The van der Waals surface area contributed by atoms with Crippen LogP contribution >= 0.6 is 0 Å². The number of amides is 2. The van der Waals surface area contributed by atoms with Crippen LogP contribution in [0.25, 0.3) is 5.57 Å². The van der Waals surface area contributed by atoms with E-state index in [2.05, 4.69) is 81.3 Å². The molecule has 2 heterocycles. The Kier molecular flexibility index (Phi) is 6.37. The summed E-state index contributed by atoms with van der Waals surface area (Å²) in [6, 6.07) is 10.6. The Balaban J connectivity index is 1.48. The van der Waals surface area contributed by atoms with E-state index in [-0.39, 0.29) is 17.1 Å². The molecule has 1 aliphatic heterocycles. The molecule has 1 aromatic carbocycles. The molecule has 33 heavy (non-hydrogen) atoms. The van der Waals surface area contributed by atoms with Crippen LogP contribution in [-0.2, 0) is 5.54 Å². The van der Waals surface area contributed by atoms with Gasteiger partial charge in [-0.05, 0) is 59.0 Å². The molecule has 2 amide bonds. The summed E-state index contributed by atoms with van der Waals surface area (Å²) in [5.41, 5.74) is 2.60. The maximum absolute atomic E-state index is 12.9. The minimum absolute atomic E-state index is 0.0110. The molecule has 1 aliphatic carbocycles. The van der Waals surface area contributed by atoms with Gasteiger partial charge in [-0.3, -0.25) is 14.8 Å². The number of carbonyl (C=O) groups is 1. The standard InChI is InChI=1S/C25H31N7O/c1-19(14-27-18-26-2)22-28-15-21(16-29-22)32-17-24(30-23(32)33)10-12-25(13-11-24,31(3)4)20-8-6-5-7-9-20/h5-9,14-16,18H,2,10-13,17H2,1,3-4H3,(H,30,33)/b19-14+,27-18?. The van der Waals surface area contributed by atoms with Crippen LogP contribution in [0.5, 0.6) is 0 Å². The van der Waals surface area contributed by atoms with Gasteiger partial charge in [0.25, 0.3) is 0 Å². The highest BCUT2D eigenvalue weighted by molar-refractivity contribution is 5.95. The summed E-state index contributed by atoms with van der Waals surface area (Å²) in [7, 11) is 4.30. The van der Waals surface area contributed by atoms with E-state index in [1.54, 1.807) is 23.5 Å². The third-order valence-electron chi connectivity index (χ3n) is 7.00. The quantitative estimate of drug-likeness (QED) is 0.540. The van der Waals surface area contributed by atoms with Crippen molar-refractivity contribution in [1.29, 1.82) is 0 Å². The second kappa shape index (κ2) is 9.23. The number of urea groups is 1. The van der Waals surface area contributed by atoms with E-state index in [0.29, 0.717) is 18.1 Å². The minimum atomic E-state index is -0.230. The van der Waals surface area contributed by atoms with Crippen LogP contribution < -0.4 is 10.2 Å². The predicted octanol–water partition coefficient (Wildman–Crippen LogP) is 3.87. The highest BCUT2D eigenvalue weighted by Gasteiger charge is 2.50. The molecule has 0 atom stereocenters. The Morgan fingerprint density at radius 2 is 1.82 bits per heavy atom. The lowest BCUT2D eigenvalue weighted by Crippen LogP contribution is -2.54. The first-order chi connectivity index (χ1) is 15.9. The first-order valence-corrected chi connectivity index (χ1v) is 11.2. The van der Waals surface area contributed by atoms with Crippen molar-refractivity contribution in [3.63, 3.8) is 0 Å². The molecule has 0 radical (unpaired) electrons. The molecule has 1 N–H and O–H groups in total. The van der Waals surface area contributed by atoms with Crippen molar-refractivity contribution in [3.05, 3.63) is 60.3 Å². The Hall–Kier alpha value is -3.39. The summed E-state index contributed by atoms with van der Waals surface area (Å²) in [6.07, 6.45) is 10.2. The number of allylic oxidation sites excluding steroid dienone is 1. The molecule has 172 valence electrons. The summed E-state index contributed by atoms with van der Waals surface area (Å²) in [5.74, 6) is 0.561. The molecular weight excluding hydrogens is 414 g/mol. The molecule has 2 aromatic rings. The number of anilines is 1. The lowest BCUT2D eigenvalue weighted by Gasteiger charge is -2.48. The highest BCUT2D eigenvalue weighted by atomic mass is 16.2. The van der Waals surface area contributed by atoms with Gasteiger partial charge in [-0.1, -0.05) is 30.3 Å². The van der Waals surface area contributed by atoms with Crippen molar-refractivity contribution in [2.24, 2.45) is 9.98 Å². The number of nitrogens with one attached hydrogen (secondary N) is 1. The number of carbonyl (C=O) groups excluding carboxylic acids is 1. The van der Waals surface area contributed by atoms with E-state index in [1.807, 2.05) is 6.92 Å². The van der Waals surface area contributed by atoms with E-state index in [4.69, 9.17) is 0 Å². The molecule has 0 bridgehead atoms. The molecule has 4 rings (SSSR count). The number of aromatic nitrogens is 2. The van der Waals surface area contributed by atoms with Gasteiger partial charge in [0.05, 0.1) is 30.2 Å². The molecule has 8 nitrogen and oxygen atoms in total. The fraction of sp³-hybridized carbons (Fsp3) is 0.400. The van der Waals surface area contributed by atoms with Crippen LogP contribution in [0.4, 0.5) is 10.5 Å². The van der Waals surface area contributed by atoms with Crippen molar-refractivity contribution in [1.82, 2.24) is 20.2 Å². The van der Waals surface area contributed by atoms with Gasteiger partial charge in [-0.2, -0.15) is 0 Å². The minimum Gasteiger partial charge on any atom is -0.330 e. The molecule has 2 aliphatic rings. The van der Waals surface area contributed by atoms with Crippen molar-refractivity contribution >= 4 is 30.3 Å². The zero-order chi connectivity index (χ0) is 23.5. The predicted molar refractivity (Wildman–Crippen MR) is 133 cm³/mol. The Morgan fingerprint density at radius 3 is 2.42 bits per heavy atom. The van der Waals surface area contributed by atoms with Gasteiger partial charge in [0.2, 0.25) is 0 Å². The van der Waals surface area contributed by atoms with Gasteiger partial charge >= 0.3 is 6.03 Å². The zero-order valence-corrected chi connectivity index (χ0v) is 19.5. The number of nitrogens with zero attached hydrogens (tertiary/aromatic N) is 6. The number of aliphatic imine (C=N–C) groups is 2. The molecule has 1 aromatic heterocycles. The summed E-state index contributed by atoms with van der Waals surface area (Å²) in [4.78, 5) is 33.4. The fourth-order valence-electron chi connectivity index (χ4n) is 5.00. The number of hydrogen-bond donors (Lipinski definition) is 1. The average molecular weight is 446 g/mol. The van der Waals surface area contributed by atoms with Crippen molar-refractivity contribution in [2.45, 2.75) is 43.7 Å². The molecule has 8 heteroatoms. The maximum atomic E-state index is 12.9. The lowest BCUT2D eigenvalue weighted by molar-refractivity contribution is 0.0658. The Bertz CT molecular complexity index is 1050. The van der Waals surface area contributed by atoms with E-state index >= 15 is 0 Å². The van der Waals surface area contributed by atoms with E-state index in [1.165, 1.54) is 11.9 Å². The second-order valence-electron chi connectivity index (χ2n) is 9.11. The summed E-state index contributed by atoms with van der Waals surface area (Å²) in [6.45, 7) is 5.85. The monoisotopic (exact) mass is 445 g/mol. The number of rotatable bonds is 6. The van der Waals surface area contributed by atoms with Crippen molar-refractivity contribution in [3.8, 4) is 0 Å². The Labute approximate surface area is 195 Å². The van der Waals surface area contributed by atoms with Gasteiger partial charge in [0.1, 0.15) is 6.34 Å². The van der Waals surface area contributed by atoms with Crippen LogP contribution in [0.1, 0.15) is 44.0 Å². The van der Waals surface area contributed by atoms with E-state index in [9.17, 15) is 4.79 Å². The maximum Gasteiger partial charge on any atom is 0.322 e. The highest BCUT2D eigenvalue weighted by Crippen LogP contribution is 2.46. The van der Waals surface area contributed by atoms with Crippen LogP contribution in [0.3, 0.4) is 0 Å². The molecule has 1 spiro atoms. The molecule has 0 unspecified atom stereocenters. The molecule has 1 saturated heterocycles. The normalized spacial score (nSPS) is 25.8. The lowest BCUT2D eigenvalue weighted by atomic mass is 9.69. The number of benzene rings is 1. The Morgan fingerprint density at radius 1 is 1.15 bits per heavy atom. The smallest absolute Gasteiger partial charge is 0.322 e. The summed E-state index contributed by atoms with van der Waals surface area (Å²) >= 11 is 0. The van der Waals surface area contributed by atoms with Crippen LogP contribution in [-0.4, -0.2) is 60.1 Å².